The van der Waals surface area contributed by atoms with Crippen LogP contribution in [0.5, 0.6) is 0 Å². The van der Waals surface area contributed by atoms with Gasteiger partial charge in [0.15, 0.2) is 0 Å². The van der Waals surface area contributed by atoms with Gasteiger partial charge >= 0.3 is 0 Å². The van der Waals surface area contributed by atoms with Gasteiger partial charge < -0.3 is 10.6 Å². The highest BCUT2D eigenvalue weighted by Gasteiger charge is 2.14. The van der Waals surface area contributed by atoms with Crippen LogP contribution in [0.15, 0.2) is 18.2 Å². The number of nitrogens with zero attached hydrogens (tertiary/aromatic N) is 2. The van der Waals surface area contributed by atoms with Gasteiger partial charge in [-0.1, -0.05) is 0 Å². The van der Waals surface area contributed by atoms with Crippen molar-refractivity contribution in [1.82, 2.24) is 4.98 Å². The maximum Gasteiger partial charge on any atom is 0.251 e. The molecule has 5 heteroatoms. The fourth-order valence-electron chi connectivity index (χ4n) is 1.96. The first kappa shape index (κ1) is 12.3. The zero-order valence-electron chi connectivity index (χ0n) is 10.5. The molecule has 0 aliphatic heterocycles. The molecule has 18 heavy (non-hydrogen) atoms. The number of hydrogen-bond donors (Lipinski definition) is 1. The molecule has 0 saturated heterocycles. The summed E-state index contributed by atoms with van der Waals surface area (Å²) in [5, 5.41) is 0.583. The maximum absolute atomic E-state index is 13.5. The number of pyridine rings is 1. The summed E-state index contributed by atoms with van der Waals surface area (Å²) in [5.74, 6) is -1.17. The molecule has 2 aromatic rings. The fourth-order valence-corrected chi connectivity index (χ4v) is 1.96. The van der Waals surface area contributed by atoms with Crippen LogP contribution in [-0.4, -0.2) is 25.0 Å². The van der Waals surface area contributed by atoms with Gasteiger partial charge in [0.2, 0.25) is 0 Å². The van der Waals surface area contributed by atoms with Crippen molar-refractivity contribution in [2.24, 2.45) is 5.73 Å². The third kappa shape index (κ3) is 1.99. The summed E-state index contributed by atoms with van der Waals surface area (Å²) in [4.78, 5) is 17.5. The highest BCUT2D eigenvalue weighted by Crippen LogP contribution is 2.28. The number of rotatable bonds is 2. The van der Waals surface area contributed by atoms with Crippen molar-refractivity contribution in [2.75, 3.05) is 19.0 Å². The molecule has 0 radical (unpaired) electrons. The molecule has 0 atom stereocenters. The third-order valence-electron chi connectivity index (χ3n) is 2.73. The minimum Gasteiger partial charge on any atom is -0.377 e. The molecule has 0 aliphatic rings. The highest BCUT2D eigenvalue weighted by atomic mass is 19.1. The summed E-state index contributed by atoms with van der Waals surface area (Å²) in [7, 11) is 3.70. The van der Waals surface area contributed by atoms with Gasteiger partial charge in [-0.15, -0.1) is 0 Å². The van der Waals surface area contributed by atoms with Crippen molar-refractivity contribution in [2.45, 2.75) is 6.92 Å². The Morgan fingerprint density at radius 1 is 1.33 bits per heavy atom. The van der Waals surface area contributed by atoms with Gasteiger partial charge in [-0.05, 0) is 25.1 Å². The van der Waals surface area contributed by atoms with Gasteiger partial charge in [0.05, 0.1) is 11.1 Å². The standard InChI is InChI=1S/C13H14FN3O/c1-7-4-11(17(2)3)9-5-8(14)6-10(13(15)18)12(9)16-7/h4-6H,1-3H3,(H2,15,18). The Kier molecular flexibility index (Phi) is 2.90. The summed E-state index contributed by atoms with van der Waals surface area (Å²) in [6.07, 6.45) is 0. The van der Waals surface area contributed by atoms with E-state index in [-0.39, 0.29) is 5.56 Å². The van der Waals surface area contributed by atoms with E-state index in [1.54, 1.807) is 0 Å². The molecule has 1 aromatic heterocycles. The molecule has 2 N–H and O–H groups in total. The van der Waals surface area contributed by atoms with Crippen LogP contribution in [-0.2, 0) is 0 Å². The first-order valence-electron chi connectivity index (χ1n) is 5.48. The Morgan fingerprint density at radius 3 is 2.56 bits per heavy atom. The number of fused-ring (bicyclic) bond motifs is 1. The maximum atomic E-state index is 13.5. The van der Waals surface area contributed by atoms with Crippen LogP contribution in [0, 0.1) is 12.7 Å². The van der Waals surface area contributed by atoms with E-state index in [9.17, 15) is 9.18 Å². The van der Waals surface area contributed by atoms with E-state index in [0.717, 1.165) is 17.4 Å². The quantitative estimate of drug-likeness (QED) is 0.881. The molecule has 0 saturated carbocycles. The zero-order valence-corrected chi connectivity index (χ0v) is 10.5. The van der Waals surface area contributed by atoms with E-state index >= 15 is 0 Å². The number of benzene rings is 1. The molecule has 1 heterocycles. The number of hydrogen-bond acceptors (Lipinski definition) is 3. The lowest BCUT2D eigenvalue weighted by Crippen LogP contribution is -2.15. The molecule has 1 aromatic carbocycles. The zero-order chi connectivity index (χ0) is 13.4. The fraction of sp³-hybridized carbons (Fsp3) is 0.231. The number of aryl methyl sites for hydroxylation is 1. The van der Waals surface area contributed by atoms with Crippen LogP contribution in [0.2, 0.25) is 0 Å². The average molecular weight is 247 g/mol. The van der Waals surface area contributed by atoms with Crippen LogP contribution in [0.25, 0.3) is 10.9 Å². The smallest absolute Gasteiger partial charge is 0.251 e. The molecular formula is C13H14FN3O. The van der Waals surface area contributed by atoms with Crippen molar-refractivity contribution in [3.63, 3.8) is 0 Å². The summed E-state index contributed by atoms with van der Waals surface area (Å²) >= 11 is 0. The first-order chi connectivity index (χ1) is 8.40. The summed E-state index contributed by atoms with van der Waals surface area (Å²) < 4.78 is 13.5. The minimum absolute atomic E-state index is 0.108. The topological polar surface area (TPSA) is 59.2 Å². The van der Waals surface area contributed by atoms with E-state index in [1.165, 1.54) is 6.07 Å². The van der Waals surface area contributed by atoms with Crippen molar-refractivity contribution in [3.05, 3.63) is 35.3 Å². The number of halogens is 1. The molecule has 4 nitrogen and oxygen atoms in total. The first-order valence-corrected chi connectivity index (χ1v) is 5.48. The van der Waals surface area contributed by atoms with Crippen molar-refractivity contribution in [3.8, 4) is 0 Å². The normalized spacial score (nSPS) is 10.7. The molecule has 94 valence electrons. The largest absolute Gasteiger partial charge is 0.377 e. The van der Waals surface area contributed by atoms with Gasteiger partial charge in [-0.25, -0.2) is 4.39 Å². The van der Waals surface area contributed by atoms with Crippen LogP contribution in [0.3, 0.4) is 0 Å². The molecular weight excluding hydrogens is 233 g/mol. The predicted octanol–water partition coefficient (Wildman–Crippen LogP) is 1.85. The lowest BCUT2D eigenvalue weighted by Gasteiger charge is -2.17. The van der Waals surface area contributed by atoms with Gasteiger partial charge in [-0.2, -0.15) is 0 Å². The second kappa shape index (κ2) is 4.25. The van der Waals surface area contributed by atoms with Gasteiger partial charge in [-0.3, -0.25) is 9.78 Å². The molecule has 0 unspecified atom stereocenters. The van der Waals surface area contributed by atoms with E-state index in [0.29, 0.717) is 10.9 Å². The van der Waals surface area contributed by atoms with Gasteiger partial charge in [0, 0.05) is 30.9 Å². The van der Waals surface area contributed by atoms with Crippen LogP contribution < -0.4 is 10.6 Å². The van der Waals surface area contributed by atoms with Crippen LogP contribution >= 0.6 is 0 Å². The second-order valence-electron chi connectivity index (χ2n) is 4.39. The Hall–Kier alpha value is -2.17. The Bertz CT molecular complexity index is 638. The van der Waals surface area contributed by atoms with E-state index in [2.05, 4.69) is 4.98 Å². The van der Waals surface area contributed by atoms with Crippen LogP contribution in [0.4, 0.5) is 10.1 Å². The summed E-state index contributed by atoms with van der Waals surface area (Å²) in [5.41, 5.74) is 7.37. The van der Waals surface area contributed by atoms with Crippen molar-refractivity contribution in [1.29, 1.82) is 0 Å². The average Bonchev–Trinajstić information content (AvgIpc) is 2.27. The number of anilines is 1. The van der Waals surface area contributed by atoms with E-state index < -0.39 is 11.7 Å². The van der Waals surface area contributed by atoms with Crippen molar-refractivity contribution < 1.29 is 9.18 Å². The number of primary amides is 1. The lowest BCUT2D eigenvalue weighted by molar-refractivity contribution is 0.100. The van der Waals surface area contributed by atoms with E-state index in [4.69, 9.17) is 5.73 Å². The molecule has 2 rings (SSSR count). The second-order valence-corrected chi connectivity index (χ2v) is 4.39. The predicted molar refractivity (Wildman–Crippen MR) is 69.3 cm³/mol. The number of nitrogens with two attached hydrogens (primary N) is 1. The van der Waals surface area contributed by atoms with Crippen LogP contribution in [0.1, 0.15) is 16.1 Å². The Labute approximate surface area is 104 Å². The highest BCUT2D eigenvalue weighted by molar-refractivity contribution is 6.07. The van der Waals surface area contributed by atoms with Gasteiger partial charge in [0.25, 0.3) is 5.91 Å². The SMILES string of the molecule is Cc1cc(N(C)C)c2cc(F)cc(C(N)=O)c2n1. The number of carbonyl (C=O) groups is 1. The van der Waals surface area contributed by atoms with Gasteiger partial charge in [0.1, 0.15) is 5.82 Å². The number of aromatic nitrogens is 1. The molecule has 1 amide bonds. The summed E-state index contributed by atoms with van der Waals surface area (Å²) in [6.45, 7) is 1.82. The Balaban J connectivity index is 2.94. The number of amides is 1. The monoisotopic (exact) mass is 247 g/mol. The molecule has 0 bridgehead atoms. The minimum atomic E-state index is -0.678. The van der Waals surface area contributed by atoms with E-state index in [1.807, 2.05) is 32.0 Å². The van der Waals surface area contributed by atoms with Crippen molar-refractivity contribution >= 4 is 22.5 Å². The lowest BCUT2D eigenvalue weighted by atomic mass is 10.1. The molecule has 0 spiro atoms. The third-order valence-corrected chi connectivity index (χ3v) is 2.73. The number of carbonyl (C=O) groups excluding carboxylic acids is 1. The molecule has 0 aliphatic carbocycles. The molecule has 0 fully saturated rings. The Morgan fingerprint density at radius 2 is 2.00 bits per heavy atom. The summed E-state index contributed by atoms with van der Waals surface area (Å²) in [6, 6.07) is 4.33.